The van der Waals surface area contributed by atoms with Gasteiger partial charge in [-0.2, -0.15) is 13.2 Å². The topological polar surface area (TPSA) is 24.5 Å². The number of nitrogens with one attached hydrogen (secondary N) is 1. The monoisotopic (exact) mass is 376 g/mol. The molecule has 0 amide bonds. The molecule has 0 radical (unpaired) electrons. The molecule has 2 aliphatic heterocycles. The first-order chi connectivity index (χ1) is 13.0. The maximum Gasteiger partial charge on any atom is 0.416 e. The molecule has 1 saturated heterocycles. The second-order valence-corrected chi connectivity index (χ2v) is 7.37. The van der Waals surface area contributed by atoms with Crippen molar-refractivity contribution in [1.82, 2.24) is 5.32 Å². The fourth-order valence-electron chi connectivity index (χ4n) is 4.01. The Hall–Kier alpha value is -2.21. The lowest BCUT2D eigenvalue weighted by molar-refractivity contribution is -0.137. The quantitative estimate of drug-likeness (QED) is 0.828. The van der Waals surface area contributed by atoms with Gasteiger partial charge in [0.15, 0.2) is 0 Å². The van der Waals surface area contributed by atoms with Gasteiger partial charge in [-0.3, -0.25) is 0 Å². The van der Waals surface area contributed by atoms with Gasteiger partial charge in [-0.1, -0.05) is 24.3 Å². The van der Waals surface area contributed by atoms with E-state index in [1.165, 1.54) is 12.1 Å². The van der Waals surface area contributed by atoms with Crippen LogP contribution in [-0.2, 0) is 12.7 Å². The average Bonchev–Trinajstić information content (AvgIpc) is 2.79. The van der Waals surface area contributed by atoms with Crippen LogP contribution in [0.15, 0.2) is 48.5 Å². The minimum atomic E-state index is -4.32. The largest absolute Gasteiger partial charge is 0.485 e. The Morgan fingerprint density at radius 1 is 1.00 bits per heavy atom. The number of nitrogens with zero attached hydrogens (tertiary/aromatic N) is 1. The lowest BCUT2D eigenvalue weighted by Gasteiger charge is -2.37. The maximum absolute atomic E-state index is 13.0. The smallest absolute Gasteiger partial charge is 0.416 e. The van der Waals surface area contributed by atoms with E-state index < -0.39 is 11.7 Å². The number of fused-ring (bicyclic) bond motifs is 1. The molecule has 0 atom stereocenters. The summed E-state index contributed by atoms with van der Waals surface area (Å²) in [5, 5.41) is 3.37. The highest BCUT2D eigenvalue weighted by atomic mass is 19.4. The van der Waals surface area contributed by atoms with Gasteiger partial charge in [-0.25, -0.2) is 0 Å². The molecular weight excluding hydrogens is 353 g/mol. The number of benzene rings is 2. The third-order valence-corrected chi connectivity index (χ3v) is 5.51. The summed E-state index contributed by atoms with van der Waals surface area (Å²) in [6.45, 7) is 3.04. The molecule has 2 heterocycles. The maximum atomic E-state index is 13.0. The number of hydrogen-bond acceptors (Lipinski definition) is 3. The van der Waals surface area contributed by atoms with Crippen molar-refractivity contribution < 1.29 is 17.9 Å². The molecule has 1 fully saturated rings. The van der Waals surface area contributed by atoms with Gasteiger partial charge < -0.3 is 15.0 Å². The van der Waals surface area contributed by atoms with Crippen LogP contribution >= 0.6 is 0 Å². The standard InChI is InChI=1S/C21H23F3N2O/c22-21(23,24)17-5-3-4-16(14-17)15-26-13-10-20(8-11-25-12-9-20)27-19-7-2-1-6-18(19)26/h1-7,14,25H,8-13,15H2. The van der Waals surface area contributed by atoms with Crippen molar-refractivity contribution in [1.29, 1.82) is 0 Å². The lowest BCUT2D eigenvalue weighted by Crippen LogP contribution is -2.47. The van der Waals surface area contributed by atoms with Crippen LogP contribution in [0.25, 0.3) is 0 Å². The van der Waals surface area contributed by atoms with E-state index in [2.05, 4.69) is 10.2 Å². The van der Waals surface area contributed by atoms with E-state index in [9.17, 15) is 13.2 Å². The van der Waals surface area contributed by atoms with Crippen LogP contribution in [0.3, 0.4) is 0 Å². The molecule has 1 N–H and O–H groups in total. The van der Waals surface area contributed by atoms with Gasteiger partial charge in [0.1, 0.15) is 11.4 Å². The molecule has 3 nitrogen and oxygen atoms in total. The number of halogens is 3. The summed E-state index contributed by atoms with van der Waals surface area (Å²) in [7, 11) is 0. The summed E-state index contributed by atoms with van der Waals surface area (Å²) in [4.78, 5) is 2.14. The van der Waals surface area contributed by atoms with E-state index in [-0.39, 0.29) is 5.60 Å². The zero-order chi connectivity index (χ0) is 18.9. The Morgan fingerprint density at radius 3 is 2.56 bits per heavy atom. The minimum absolute atomic E-state index is 0.191. The molecular formula is C21H23F3N2O. The molecule has 0 aliphatic carbocycles. The van der Waals surface area contributed by atoms with Crippen molar-refractivity contribution >= 4 is 5.69 Å². The molecule has 0 unspecified atom stereocenters. The van der Waals surface area contributed by atoms with Gasteiger partial charge in [0, 0.05) is 19.5 Å². The molecule has 0 aromatic heterocycles. The predicted octanol–water partition coefficient (Wildman–Crippen LogP) is 4.62. The number of piperidine rings is 1. The highest BCUT2D eigenvalue weighted by molar-refractivity contribution is 5.59. The molecule has 6 heteroatoms. The Labute approximate surface area is 157 Å². The Morgan fingerprint density at radius 2 is 1.78 bits per heavy atom. The van der Waals surface area contributed by atoms with Crippen LogP contribution in [0.4, 0.5) is 18.9 Å². The van der Waals surface area contributed by atoms with E-state index in [0.717, 1.165) is 56.4 Å². The van der Waals surface area contributed by atoms with Crippen molar-refractivity contribution in [3.8, 4) is 5.75 Å². The molecule has 0 bridgehead atoms. The summed E-state index contributed by atoms with van der Waals surface area (Å²) in [6.07, 6.45) is -1.57. The number of alkyl halides is 3. The number of anilines is 1. The first-order valence-electron chi connectivity index (χ1n) is 9.35. The van der Waals surface area contributed by atoms with Crippen molar-refractivity contribution in [2.24, 2.45) is 0 Å². The fourth-order valence-corrected chi connectivity index (χ4v) is 4.01. The average molecular weight is 376 g/mol. The number of rotatable bonds is 2. The van der Waals surface area contributed by atoms with Gasteiger partial charge in [0.2, 0.25) is 0 Å². The zero-order valence-electron chi connectivity index (χ0n) is 15.1. The third-order valence-electron chi connectivity index (χ3n) is 5.51. The Balaban J connectivity index is 1.62. The van der Waals surface area contributed by atoms with Crippen molar-refractivity contribution in [3.05, 3.63) is 59.7 Å². The first-order valence-corrected chi connectivity index (χ1v) is 9.35. The molecule has 2 aromatic carbocycles. The van der Waals surface area contributed by atoms with E-state index >= 15 is 0 Å². The zero-order valence-corrected chi connectivity index (χ0v) is 15.1. The van der Waals surface area contributed by atoms with Crippen molar-refractivity contribution in [3.63, 3.8) is 0 Å². The van der Waals surface area contributed by atoms with E-state index in [4.69, 9.17) is 4.74 Å². The highest BCUT2D eigenvalue weighted by Gasteiger charge is 2.37. The summed E-state index contributed by atoms with van der Waals surface area (Å²) in [5.41, 5.74) is 0.810. The van der Waals surface area contributed by atoms with Gasteiger partial charge >= 0.3 is 6.18 Å². The van der Waals surface area contributed by atoms with Crippen LogP contribution in [0.5, 0.6) is 5.75 Å². The Kier molecular flexibility index (Phi) is 4.76. The van der Waals surface area contributed by atoms with Crippen LogP contribution in [0, 0.1) is 0 Å². The van der Waals surface area contributed by atoms with Gasteiger partial charge in [0.05, 0.1) is 11.3 Å². The summed E-state index contributed by atoms with van der Waals surface area (Å²) >= 11 is 0. The number of hydrogen-bond donors (Lipinski definition) is 1. The fraction of sp³-hybridized carbons (Fsp3) is 0.429. The van der Waals surface area contributed by atoms with Crippen molar-refractivity contribution in [2.45, 2.75) is 37.6 Å². The predicted molar refractivity (Wildman–Crippen MR) is 99.0 cm³/mol. The Bertz CT molecular complexity index is 800. The van der Waals surface area contributed by atoms with Crippen LogP contribution in [-0.4, -0.2) is 25.2 Å². The molecule has 27 heavy (non-hydrogen) atoms. The van der Waals surface area contributed by atoms with Gasteiger partial charge in [0.25, 0.3) is 0 Å². The van der Waals surface area contributed by atoms with Crippen LogP contribution < -0.4 is 15.0 Å². The van der Waals surface area contributed by atoms with Crippen molar-refractivity contribution in [2.75, 3.05) is 24.5 Å². The molecule has 2 aromatic rings. The third kappa shape index (κ3) is 3.90. The van der Waals surface area contributed by atoms with E-state index in [1.807, 2.05) is 24.3 Å². The van der Waals surface area contributed by atoms with E-state index in [1.54, 1.807) is 6.07 Å². The molecule has 1 spiro atoms. The SMILES string of the molecule is FC(F)(F)c1cccc(CN2CCC3(CCNCC3)Oc3ccccc32)c1. The second kappa shape index (κ2) is 7.08. The van der Waals surface area contributed by atoms with Crippen LogP contribution in [0.1, 0.15) is 30.4 Å². The number of ether oxygens (including phenoxy) is 1. The van der Waals surface area contributed by atoms with Gasteiger partial charge in [-0.15, -0.1) is 0 Å². The minimum Gasteiger partial charge on any atom is -0.485 e. The molecule has 144 valence electrons. The summed E-state index contributed by atoms with van der Waals surface area (Å²) in [6, 6.07) is 13.4. The first kappa shape index (κ1) is 18.2. The van der Waals surface area contributed by atoms with E-state index in [0.29, 0.717) is 12.1 Å². The normalized spacial score (nSPS) is 19.3. The highest BCUT2D eigenvalue weighted by Crippen LogP contribution is 2.40. The molecule has 2 aliphatic rings. The lowest BCUT2D eigenvalue weighted by atomic mass is 9.88. The molecule has 0 saturated carbocycles. The second-order valence-electron chi connectivity index (χ2n) is 7.37. The van der Waals surface area contributed by atoms with Gasteiger partial charge in [-0.05, 0) is 55.8 Å². The summed E-state index contributed by atoms with van der Waals surface area (Å²) < 4.78 is 45.6. The number of para-hydroxylation sites is 2. The molecule has 4 rings (SSSR count). The van der Waals surface area contributed by atoms with Crippen LogP contribution in [0.2, 0.25) is 0 Å². The summed E-state index contributed by atoms with van der Waals surface area (Å²) in [5.74, 6) is 0.823.